The van der Waals surface area contributed by atoms with E-state index in [1.165, 1.54) is 38.5 Å². The zero-order chi connectivity index (χ0) is 13.3. The van der Waals surface area contributed by atoms with Gasteiger partial charge < -0.3 is 5.73 Å². The highest BCUT2D eigenvalue weighted by atomic mass is 14.8. The molecule has 0 amide bonds. The molecule has 0 aromatic carbocycles. The molecular formula is C16H33N. The third-order valence-electron chi connectivity index (χ3n) is 4.09. The molecule has 1 aliphatic carbocycles. The van der Waals surface area contributed by atoms with Crippen molar-refractivity contribution in [2.45, 2.75) is 85.6 Å². The lowest BCUT2D eigenvalue weighted by atomic mass is 9.63. The molecule has 1 heteroatoms. The molecule has 1 saturated carbocycles. The van der Waals surface area contributed by atoms with Crippen LogP contribution in [0, 0.1) is 16.7 Å². The summed E-state index contributed by atoms with van der Waals surface area (Å²) in [4.78, 5) is 0. The molecule has 2 N–H and O–H groups in total. The second-order valence-electron chi connectivity index (χ2n) is 8.63. The van der Waals surface area contributed by atoms with Gasteiger partial charge in [0.15, 0.2) is 0 Å². The molecule has 0 aromatic heterocycles. The van der Waals surface area contributed by atoms with Gasteiger partial charge in [-0.25, -0.2) is 0 Å². The summed E-state index contributed by atoms with van der Waals surface area (Å²) >= 11 is 0. The predicted molar refractivity (Wildman–Crippen MR) is 77.0 cm³/mol. The van der Waals surface area contributed by atoms with Gasteiger partial charge in [0.05, 0.1) is 0 Å². The van der Waals surface area contributed by atoms with Crippen LogP contribution in [0.4, 0.5) is 0 Å². The first kappa shape index (κ1) is 15.0. The highest BCUT2D eigenvalue weighted by Crippen LogP contribution is 2.44. The number of hydrogen-bond donors (Lipinski definition) is 1. The van der Waals surface area contributed by atoms with Gasteiger partial charge in [0, 0.05) is 5.54 Å². The minimum atomic E-state index is 0.104. The third-order valence-corrected chi connectivity index (χ3v) is 4.09. The van der Waals surface area contributed by atoms with Crippen molar-refractivity contribution in [3.63, 3.8) is 0 Å². The van der Waals surface area contributed by atoms with Crippen molar-refractivity contribution in [1.29, 1.82) is 0 Å². The van der Waals surface area contributed by atoms with E-state index in [1.807, 2.05) is 0 Å². The van der Waals surface area contributed by atoms with Gasteiger partial charge in [-0.05, 0) is 48.9 Å². The molecule has 2 atom stereocenters. The van der Waals surface area contributed by atoms with Crippen LogP contribution in [0.15, 0.2) is 0 Å². The minimum absolute atomic E-state index is 0.104. The first-order chi connectivity index (χ1) is 7.52. The van der Waals surface area contributed by atoms with E-state index < -0.39 is 0 Å². The Balaban J connectivity index is 2.50. The maximum absolute atomic E-state index is 6.65. The highest BCUT2D eigenvalue weighted by Gasteiger charge is 2.39. The van der Waals surface area contributed by atoms with Crippen molar-refractivity contribution >= 4 is 0 Å². The Labute approximate surface area is 109 Å². The normalized spacial score (nSPS) is 33.7. The summed E-state index contributed by atoms with van der Waals surface area (Å²) in [6, 6.07) is 0. The van der Waals surface area contributed by atoms with Gasteiger partial charge in [-0.15, -0.1) is 0 Å². The summed E-state index contributed by atoms with van der Waals surface area (Å²) in [7, 11) is 0. The van der Waals surface area contributed by atoms with E-state index in [-0.39, 0.29) is 5.54 Å². The van der Waals surface area contributed by atoms with E-state index in [1.54, 1.807) is 0 Å². The summed E-state index contributed by atoms with van der Waals surface area (Å²) in [5.74, 6) is 0.790. The quantitative estimate of drug-likeness (QED) is 0.756. The van der Waals surface area contributed by atoms with E-state index in [9.17, 15) is 0 Å². The van der Waals surface area contributed by atoms with Gasteiger partial charge in [0.1, 0.15) is 0 Å². The Morgan fingerprint density at radius 1 is 1.18 bits per heavy atom. The van der Waals surface area contributed by atoms with E-state index in [0.717, 1.165) is 5.92 Å². The molecule has 1 rings (SSSR count). The van der Waals surface area contributed by atoms with E-state index in [4.69, 9.17) is 5.73 Å². The van der Waals surface area contributed by atoms with Crippen LogP contribution >= 0.6 is 0 Å². The van der Waals surface area contributed by atoms with Crippen molar-refractivity contribution in [2.24, 2.45) is 22.5 Å². The molecule has 102 valence electrons. The van der Waals surface area contributed by atoms with Crippen molar-refractivity contribution < 1.29 is 0 Å². The molecule has 17 heavy (non-hydrogen) atoms. The lowest BCUT2D eigenvalue weighted by Crippen LogP contribution is -2.49. The fourth-order valence-electron chi connectivity index (χ4n) is 3.97. The minimum Gasteiger partial charge on any atom is -0.325 e. The van der Waals surface area contributed by atoms with Crippen LogP contribution in [-0.2, 0) is 0 Å². The van der Waals surface area contributed by atoms with Crippen LogP contribution < -0.4 is 5.73 Å². The van der Waals surface area contributed by atoms with Crippen LogP contribution in [0.3, 0.4) is 0 Å². The molecule has 0 radical (unpaired) electrons. The second-order valence-corrected chi connectivity index (χ2v) is 8.63. The molecule has 0 spiro atoms. The Morgan fingerprint density at radius 3 is 2.24 bits per heavy atom. The molecule has 1 nitrogen and oxygen atoms in total. The highest BCUT2D eigenvalue weighted by molar-refractivity contribution is 4.96. The summed E-state index contributed by atoms with van der Waals surface area (Å²) in [5.41, 5.74) is 7.65. The Kier molecular flexibility index (Phi) is 4.34. The van der Waals surface area contributed by atoms with Crippen LogP contribution in [-0.4, -0.2) is 5.54 Å². The first-order valence-electron chi connectivity index (χ1n) is 7.30. The molecule has 1 aliphatic rings. The maximum Gasteiger partial charge on any atom is 0.0162 e. The molecule has 0 bridgehead atoms. The molecule has 0 aromatic rings. The number of hydrogen-bond acceptors (Lipinski definition) is 1. The van der Waals surface area contributed by atoms with E-state index in [0.29, 0.717) is 10.8 Å². The average molecular weight is 239 g/mol. The Hall–Kier alpha value is -0.0400. The molecule has 0 saturated heterocycles. The van der Waals surface area contributed by atoms with Gasteiger partial charge in [-0.2, -0.15) is 0 Å². The third kappa shape index (κ3) is 5.42. The van der Waals surface area contributed by atoms with Crippen molar-refractivity contribution in [1.82, 2.24) is 0 Å². The summed E-state index contributed by atoms with van der Waals surface area (Å²) < 4.78 is 0. The molecular weight excluding hydrogens is 206 g/mol. The second kappa shape index (κ2) is 4.91. The number of nitrogens with two attached hydrogens (primary N) is 1. The molecule has 0 heterocycles. The topological polar surface area (TPSA) is 26.0 Å². The zero-order valence-corrected chi connectivity index (χ0v) is 12.9. The van der Waals surface area contributed by atoms with Crippen LogP contribution in [0.25, 0.3) is 0 Å². The standard InChI is InChI=1S/C16H33N/c1-13-10-15(5,6)12-16(17,11-13)9-7-8-14(2,3)4/h13H,7-12,17H2,1-6H3. The van der Waals surface area contributed by atoms with E-state index in [2.05, 4.69) is 41.5 Å². The van der Waals surface area contributed by atoms with Gasteiger partial charge in [0.25, 0.3) is 0 Å². The first-order valence-corrected chi connectivity index (χ1v) is 7.30. The maximum atomic E-state index is 6.65. The van der Waals surface area contributed by atoms with Crippen LogP contribution in [0.2, 0.25) is 0 Å². The lowest BCUT2D eigenvalue weighted by Gasteiger charge is -2.46. The van der Waals surface area contributed by atoms with Crippen molar-refractivity contribution in [3.05, 3.63) is 0 Å². The monoisotopic (exact) mass is 239 g/mol. The summed E-state index contributed by atoms with van der Waals surface area (Å²) in [5, 5.41) is 0. The van der Waals surface area contributed by atoms with Gasteiger partial charge >= 0.3 is 0 Å². The van der Waals surface area contributed by atoms with Crippen molar-refractivity contribution in [3.8, 4) is 0 Å². The van der Waals surface area contributed by atoms with Crippen LogP contribution in [0.5, 0.6) is 0 Å². The van der Waals surface area contributed by atoms with Gasteiger partial charge in [0.2, 0.25) is 0 Å². The smallest absolute Gasteiger partial charge is 0.0162 e. The number of rotatable bonds is 3. The fourth-order valence-corrected chi connectivity index (χ4v) is 3.97. The summed E-state index contributed by atoms with van der Waals surface area (Å²) in [6.07, 6.45) is 7.54. The molecule has 0 aliphatic heterocycles. The molecule has 2 unspecified atom stereocenters. The van der Waals surface area contributed by atoms with Crippen LogP contribution in [0.1, 0.15) is 80.1 Å². The largest absolute Gasteiger partial charge is 0.325 e. The SMILES string of the molecule is CC1CC(C)(C)CC(N)(CCCC(C)(C)C)C1. The van der Waals surface area contributed by atoms with Crippen molar-refractivity contribution in [2.75, 3.05) is 0 Å². The summed E-state index contributed by atoms with van der Waals surface area (Å²) in [6.45, 7) is 14.1. The fraction of sp³-hybridized carbons (Fsp3) is 1.00. The lowest BCUT2D eigenvalue weighted by molar-refractivity contribution is 0.0981. The zero-order valence-electron chi connectivity index (χ0n) is 12.9. The Bertz CT molecular complexity index is 249. The van der Waals surface area contributed by atoms with Gasteiger partial charge in [-0.1, -0.05) is 48.0 Å². The molecule has 1 fully saturated rings. The van der Waals surface area contributed by atoms with Gasteiger partial charge in [-0.3, -0.25) is 0 Å². The Morgan fingerprint density at radius 2 is 1.76 bits per heavy atom. The average Bonchev–Trinajstić information content (AvgIpc) is 1.94. The van der Waals surface area contributed by atoms with E-state index >= 15 is 0 Å². The predicted octanol–water partition coefficient (Wildman–Crippen LogP) is 4.75.